The highest BCUT2D eigenvalue weighted by atomic mass is 16.7. The number of hydrogen-bond donors (Lipinski definition) is 0. The van der Waals surface area contributed by atoms with Crippen molar-refractivity contribution in [1.82, 2.24) is 0 Å². The zero-order valence-electron chi connectivity index (χ0n) is 46.2. The Kier molecular flexibility index (Phi) is 23.6. The lowest BCUT2D eigenvalue weighted by Crippen LogP contribution is -2.63. The maximum atomic E-state index is 14.6. The van der Waals surface area contributed by atoms with Gasteiger partial charge < -0.3 is 56.8 Å². The molecule has 0 spiro atoms. The van der Waals surface area contributed by atoms with E-state index in [1.165, 1.54) is 27.2 Å². The topological polar surface area (TPSA) is 179 Å². The van der Waals surface area contributed by atoms with Gasteiger partial charge in [-0.05, 0) is 61.4 Å². The van der Waals surface area contributed by atoms with Gasteiger partial charge in [0.2, 0.25) is 5.79 Å². The van der Waals surface area contributed by atoms with Crippen LogP contribution in [0.5, 0.6) is 5.75 Å². The van der Waals surface area contributed by atoms with E-state index in [0.29, 0.717) is 56.5 Å². The van der Waals surface area contributed by atoms with E-state index < -0.39 is 77.9 Å². The minimum atomic E-state index is -1.76. The minimum absolute atomic E-state index is 0.0508. The molecule has 11 atom stereocenters. The first-order chi connectivity index (χ1) is 36.5. The number of benzene rings is 2. The van der Waals surface area contributed by atoms with E-state index in [1.807, 2.05) is 80.6 Å². The van der Waals surface area contributed by atoms with E-state index >= 15 is 0 Å². The van der Waals surface area contributed by atoms with Crippen LogP contribution < -0.4 is 4.74 Å². The lowest BCUT2D eigenvalue weighted by molar-refractivity contribution is -0.338. The van der Waals surface area contributed by atoms with Crippen LogP contribution in [0.4, 0.5) is 0 Å². The molecule has 16 nitrogen and oxygen atoms in total. The van der Waals surface area contributed by atoms with Gasteiger partial charge in [0.15, 0.2) is 6.10 Å². The van der Waals surface area contributed by atoms with Crippen LogP contribution >= 0.6 is 0 Å². The molecule has 0 amide bonds. The summed E-state index contributed by atoms with van der Waals surface area (Å²) in [5.41, 5.74) is 2.12. The van der Waals surface area contributed by atoms with Crippen molar-refractivity contribution in [1.29, 1.82) is 0 Å². The second-order valence-electron chi connectivity index (χ2n) is 21.3. The Hall–Kier alpha value is -4.94. The van der Waals surface area contributed by atoms with Gasteiger partial charge in [-0.3, -0.25) is 14.4 Å². The van der Waals surface area contributed by atoms with Gasteiger partial charge in [0.1, 0.15) is 24.8 Å². The molecule has 3 saturated heterocycles. The van der Waals surface area contributed by atoms with Crippen molar-refractivity contribution in [2.45, 2.75) is 211 Å². The number of ether oxygens (including phenoxy) is 12. The predicted molar refractivity (Wildman–Crippen MR) is 283 cm³/mol. The molecule has 0 N–H and O–H groups in total. The summed E-state index contributed by atoms with van der Waals surface area (Å²) >= 11 is 0. The molecule has 6 bridgehead atoms. The van der Waals surface area contributed by atoms with Gasteiger partial charge in [0.05, 0.1) is 76.6 Å². The Morgan fingerprint density at radius 1 is 0.789 bits per heavy atom. The van der Waals surface area contributed by atoms with Crippen LogP contribution in [0.15, 0.2) is 90.6 Å². The van der Waals surface area contributed by atoms with Crippen LogP contribution in [0, 0.1) is 5.41 Å². The van der Waals surface area contributed by atoms with Crippen LogP contribution in [0.3, 0.4) is 0 Å². The Morgan fingerprint density at radius 3 is 2.20 bits per heavy atom. The predicted octanol–water partition coefficient (Wildman–Crippen LogP) is 10.3. The van der Waals surface area contributed by atoms with Crippen LogP contribution in [0.1, 0.15) is 142 Å². The molecular formula is C60H84O16. The number of hydrogen-bond acceptors (Lipinski definition) is 16. The van der Waals surface area contributed by atoms with E-state index in [-0.39, 0.29) is 63.7 Å². The third kappa shape index (κ3) is 18.1. The van der Waals surface area contributed by atoms with Gasteiger partial charge in [-0.1, -0.05) is 113 Å². The smallest absolute Gasteiger partial charge is 0.330 e. The third-order valence-electron chi connectivity index (χ3n) is 14.7. The molecule has 0 aliphatic carbocycles. The molecular weight excluding hydrogens is 977 g/mol. The highest BCUT2D eigenvalue weighted by molar-refractivity contribution is 5.83. The van der Waals surface area contributed by atoms with E-state index in [9.17, 15) is 19.2 Å². The Morgan fingerprint density at radius 2 is 1.50 bits per heavy atom. The summed E-state index contributed by atoms with van der Waals surface area (Å²) in [6, 6.07) is 17.2. The largest absolute Gasteiger partial charge is 0.497 e. The van der Waals surface area contributed by atoms with Crippen molar-refractivity contribution in [3.8, 4) is 5.75 Å². The van der Waals surface area contributed by atoms with Crippen LogP contribution in [0.25, 0.3) is 0 Å². The number of fused-ring (bicyclic) bond motifs is 6. The average Bonchev–Trinajstić information content (AvgIpc) is 3.43. The molecule has 2 aromatic rings. The normalized spacial score (nSPS) is 29.5. The Labute approximate surface area is 450 Å². The average molecular weight is 1060 g/mol. The summed E-state index contributed by atoms with van der Waals surface area (Å²) in [4.78, 5) is 54.4. The maximum absolute atomic E-state index is 14.6. The molecule has 3 fully saturated rings. The molecule has 16 heteroatoms. The van der Waals surface area contributed by atoms with E-state index in [2.05, 4.69) is 13.5 Å². The van der Waals surface area contributed by atoms with Crippen LogP contribution in [-0.4, -0.2) is 119 Å². The highest BCUT2D eigenvalue weighted by Gasteiger charge is 2.59. The summed E-state index contributed by atoms with van der Waals surface area (Å²) < 4.78 is 75.6. The first-order valence-corrected chi connectivity index (χ1v) is 27.2. The molecule has 420 valence electrons. The lowest BCUT2D eigenvalue weighted by Gasteiger charge is -2.53. The maximum Gasteiger partial charge on any atom is 0.330 e. The summed E-state index contributed by atoms with van der Waals surface area (Å²) in [6.45, 7) is 13.9. The molecule has 4 aliphatic rings. The first kappa shape index (κ1) is 60.3. The van der Waals surface area contributed by atoms with Crippen LogP contribution in [0.2, 0.25) is 0 Å². The van der Waals surface area contributed by atoms with Gasteiger partial charge in [0, 0.05) is 64.0 Å². The van der Waals surface area contributed by atoms with Crippen molar-refractivity contribution in [3.05, 3.63) is 102 Å². The van der Waals surface area contributed by atoms with Gasteiger partial charge in [-0.2, -0.15) is 0 Å². The van der Waals surface area contributed by atoms with Crippen molar-refractivity contribution < 1.29 is 76.0 Å². The second-order valence-corrected chi connectivity index (χ2v) is 21.3. The quantitative estimate of drug-likeness (QED) is 0.0305. The Bertz CT molecular complexity index is 2220. The van der Waals surface area contributed by atoms with Crippen molar-refractivity contribution in [3.63, 3.8) is 0 Å². The molecule has 6 rings (SSSR count). The monoisotopic (exact) mass is 1060 g/mol. The molecule has 76 heavy (non-hydrogen) atoms. The fraction of sp³-hybridized carbons (Fsp3) is 0.633. The fourth-order valence-electron chi connectivity index (χ4n) is 10.7. The Balaban J connectivity index is 1.40. The minimum Gasteiger partial charge on any atom is -0.497 e. The first-order valence-electron chi connectivity index (χ1n) is 27.2. The molecule has 4 aliphatic heterocycles. The zero-order valence-corrected chi connectivity index (χ0v) is 46.2. The SMILES string of the molecule is C=C1C[C@H]2C[C@H]3C[C@@H](OC(C)=O)C[C@@H](C[C@@H](OCc4ccc(OC)cc4)CC(=O)O[C@@H]([C@@H](C)OCOCc4ccccc4)C[C@@H]4C/C(=C\C(=O)OC)[C@H](OC(=O)CCCCCCC)[C@@](OC)(O4)C(C)(C)/C=C/[C@@H](C1)O2)O3. The van der Waals surface area contributed by atoms with E-state index in [1.54, 1.807) is 14.0 Å². The molecule has 2 aromatic carbocycles. The lowest BCUT2D eigenvalue weighted by atomic mass is 9.73. The molecule has 0 aromatic heterocycles. The van der Waals surface area contributed by atoms with E-state index in [0.717, 1.165) is 42.4 Å². The zero-order chi connectivity index (χ0) is 54.7. The molecule has 0 saturated carbocycles. The van der Waals surface area contributed by atoms with Crippen molar-refractivity contribution in [2.24, 2.45) is 5.41 Å². The number of carbonyl (C=O) groups excluding carboxylic acids is 4. The van der Waals surface area contributed by atoms with E-state index in [4.69, 9.17) is 56.8 Å². The van der Waals surface area contributed by atoms with Gasteiger partial charge >= 0.3 is 23.9 Å². The third-order valence-corrected chi connectivity index (χ3v) is 14.7. The van der Waals surface area contributed by atoms with Crippen molar-refractivity contribution >= 4 is 23.9 Å². The standard InChI is InChI=1S/C60H84O16/c1-10-11-12-13-17-20-55(62)75-58-45(30-56(63)66-8)29-53-35-54(41(3)70-39-68-37-43-18-15-14-16-19-43)74-57(64)36-48(69-38-44-21-23-46(65-7)24-22-44)31-51-33-50(71-42(4)61)34-52(73-51)32-49-28-40(2)27-47(72-49)25-26-59(5,6)60(58,67-9)76-53/h14-16,18-19,21-26,30,41,47-54,58H,2,10-13,17,20,27-29,31-39H2,1,3-9H3/b26-25+,45-30+/t41-,47+,48-,49+,50+,51-,52+,53+,54-,58+,60-/m1/s1. The molecule has 0 radical (unpaired) electrons. The van der Waals surface area contributed by atoms with Crippen LogP contribution in [-0.2, 0) is 84.5 Å². The molecule has 4 heterocycles. The summed E-state index contributed by atoms with van der Waals surface area (Å²) in [5.74, 6) is -3.14. The van der Waals surface area contributed by atoms with Crippen molar-refractivity contribution in [2.75, 3.05) is 28.1 Å². The second kappa shape index (κ2) is 29.7. The van der Waals surface area contributed by atoms with Gasteiger partial charge in [0.25, 0.3) is 0 Å². The van der Waals surface area contributed by atoms with Gasteiger partial charge in [-0.15, -0.1) is 0 Å². The summed E-state index contributed by atoms with van der Waals surface area (Å²) in [5, 5.41) is 0. The van der Waals surface area contributed by atoms with Gasteiger partial charge in [-0.25, -0.2) is 4.79 Å². The fourth-order valence-corrected chi connectivity index (χ4v) is 10.7. The number of esters is 4. The number of cyclic esters (lactones) is 1. The highest BCUT2D eigenvalue weighted by Crippen LogP contribution is 2.49. The summed E-state index contributed by atoms with van der Waals surface area (Å²) in [7, 11) is 4.38. The number of rotatable bonds is 20. The molecule has 0 unspecified atom stereocenters. The summed E-state index contributed by atoms with van der Waals surface area (Å²) in [6.07, 6.45) is 6.35. The number of methoxy groups -OCH3 is 3. The number of unbranched alkanes of at least 4 members (excludes halogenated alkanes) is 4. The number of carbonyl (C=O) groups is 4.